The van der Waals surface area contributed by atoms with Crippen LogP contribution in [0.3, 0.4) is 0 Å². The van der Waals surface area contributed by atoms with E-state index in [2.05, 4.69) is 24.8 Å². The van der Waals surface area contributed by atoms with Crippen LogP contribution in [0.4, 0.5) is 0 Å². The van der Waals surface area contributed by atoms with Crippen molar-refractivity contribution in [2.75, 3.05) is 45.8 Å². The van der Waals surface area contributed by atoms with Crippen LogP contribution in [0, 0.1) is 17.3 Å². The zero-order chi connectivity index (χ0) is 22.9. The van der Waals surface area contributed by atoms with Crippen molar-refractivity contribution in [1.29, 1.82) is 0 Å². The van der Waals surface area contributed by atoms with Gasteiger partial charge in [-0.1, -0.05) is 56.2 Å². The molecule has 6 heteroatoms. The molecule has 0 aromatic heterocycles. The average Bonchev–Trinajstić information content (AvgIpc) is 2.81. The first-order valence-corrected chi connectivity index (χ1v) is 12.4. The Bertz CT molecular complexity index is 889. The van der Waals surface area contributed by atoms with Gasteiger partial charge >= 0.3 is 0 Å². The van der Waals surface area contributed by atoms with E-state index in [1.165, 1.54) is 12.0 Å². The molecular weight excluding hydrogens is 422 g/mol. The number of nitrogens with zero attached hydrogens (tertiary/aromatic N) is 3. The van der Waals surface area contributed by atoms with Crippen LogP contribution in [0.5, 0.6) is 0 Å². The summed E-state index contributed by atoms with van der Waals surface area (Å²) in [4.78, 5) is 31.8. The van der Waals surface area contributed by atoms with Gasteiger partial charge in [0.15, 0.2) is 0 Å². The Morgan fingerprint density at radius 1 is 1.16 bits per heavy atom. The van der Waals surface area contributed by atoms with Gasteiger partial charge in [0.1, 0.15) is 0 Å². The topological polar surface area (TPSA) is 43.9 Å². The normalized spacial score (nSPS) is 24.5. The van der Waals surface area contributed by atoms with E-state index < -0.39 is 0 Å². The van der Waals surface area contributed by atoms with Gasteiger partial charge in [-0.2, -0.15) is 0 Å². The van der Waals surface area contributed by atoms with Crippen LogP contribution in [-0.4, -0.2) is 72.3 Å². The summed E-state index contributed by atoms with van der Waals surface area (Å²) in [6, 6.07) is 7.35. The number of rotatable bonds is 7. The number of benzene rings is 1. The zero-order valence-corrected chi connectivity index (χ0v) is 20.4. The standard InChI is InChI=1S/C26H36ClN3O2/c1-4-24(31)29-14-11-28(12-15-29)13-16-30(25(32)21-7-5-6-8-23(21)27)18-19-9-10-20-17-22(19)26(20,2)3/h5-9,20,22H,4,10-18H2,1-3H3. The quantitative estimate of drug-likeness (QED) is 0.572. The first-order chi connectivity index (χ1) is 15.3. The summed E-state index contributed by atoms with van der Waals surface area (Å²) in [6.45, 7) is 12.1. The minimum absolute atomic E-state index is 0.00977. The summed E-state index contributed by atoms with van der Waals surface area (Å²) in [6.07, 6.45) is 5.32. The maximum atomic E-state index is 13.5. The predicted molar refractivity (Wildman–Crippen MR) is 129 cm³/mol. The fourth-order valence-electron chi connectivity index (χ4n) is 5.64. The van der Waals surface area contributed by atoms with Crippen LogP contribution >= 0.6 is 11.6 Å². The van der Waals surface area contributed by atoms with E-state index >= 15 is 0 Å². The highest BCUT2D eigenvalue weighted by Gasteiger charge is 2.51. The average molecular weight is 458 g/mol. The van der Waals surface area contributed by atoms with Crippen molar-refractivity contribution < 1.29 is 9.59 Å². The molecular formula is C26H36ClN3O2. The minimum atomic E-state index is 0.00977. The lowest BCUT2D eigenvalue weighted by atomic mass is 9.49. The molecule has 2 atom stereocenters. The lowest BCUT2D eigenvalue weighted by molar-refractivity contribution is -0.132. The first kappa shape index (κ1) is 23.3. The molecule has 0 spiro atoms. The molecule has 1 aromatic carbocycles. The number of fused-ring (bicyclic) bond motifs is 1. The van der Waals surface area contributed by atoms with Gasteiger partial charge in [-0.3, -0.25) is 14.5 Å². The SMILES string of the molecule is CCC(=O)N1CCN(CCN(CC2=CCC3CC2C3(C)C)C(=O)c2ccccc2Cl)CC1. The Kier molecular flexibility index (Phi) is 6.97. The van der Waals surface area contributed by atoms with Crippen LogP contribution in [0.25, 0.3) is 0 Å². The van der Waals surface area contributed by atoms with E-state index in [9.17, 15) is 9.59 Å². The smallest absolute Gasteiger partial charge is 0.255 e. The number of hydrogen-bond acceptors (Lipinski definition) is 3. The largest absolute Gasteiger partial charge is 0.340 e. The van der Waals surface area contributed by atoms with Crippen molar-refractivity contribution in [2.45, 2.75) is 40.0 Å². The lowest BCUT2D eigenvalue weighted by Crippen LogP contribution is -2.52. The highest BCUT2D eigenvalue weighted by atomic mass is 35.5. The summed E-state index contributed by atoms with van der Waals surface area (Å²) in [5.41, 5.74) is 2.33. The molecule has 2 unspecified atom stereocenters. The van der Waals surface area contributed by atoms with Crippen molar-refractivity contribution in [3.63, 3.8) is 0 Å². The van der Waals surface area contributed by atoms with E-state index in [0.717, 1.165) is 45.1 Å². The lowest BCUT2D eigenvalue weighted by Gasteiger charge is -2.57. The molecule has 5 rings (SSSR count). The van der Waals surface area contributed by atoms with Gasteiger partial charge in [0.25, 0.3) is 5.91 Å². The number of allylic oxidation sites excluding steroid dienone is 1. The molecule has 32 heavy (non-hydrogen) atoms. The number of hydrogen-bond donors (Lipinski definition) is 0. The third kappa shape index (κ3) is 4.60. The summed E-state index contributed by atoms with van der Waals surface area (Å²) in [5, 5.41) is 0.510. The molecule has 1 aliphatic heterocycles. The van der Waals surface area contributed by atoms with Crippen LogP contribution < -0.4 is 0 Å². The van der Waals surface area contributed by atoms with E-state index in [4.69, 9.17) is 11.6 Å². The summed E-state index contributed by atoms with van der Waals surface area (Å²) < 4.78 is 0. The van der Waals surface area contributed by atoms with Gasteiger partial charge in [-0.25, -0.2) is 0 Å². The van der Waals surface area contributed by atoms with Crippen LogP contribution in [-0.2, 0) is 4.79 Å². The fourth-order valence-corrected chi connectivity index (χ4v) is 5.86. The molecule has 4 aliphatic rings. The summed E-state index contributed by atoms with van der Waals surface area (Å²) in [7, 11) is 0. The Labute approximate surface area is 197 Å². The van der Waals surface area contributed by atoms with E-state index in [1.807, 2.05) is 34.9 Å². The third-order valence-electron chi connectivity index (χ3n) is 8.06. The second-order valence-corrected chi connectivity index (χ2v) is 10.5. The second kappa shape index (κ2) is 9.56. The zero-order valence-electron chi connectivity index (χ0n) is 19.6. The molecule has 174 valence electrons. The monoisotopic (exact) mass is 457 g/mol. The third-order valence-corrected chi connectivity index (χ3v) is 8.39. The number of halogens is 1. The van der Waals surface area contributed by atoms with Crippen molar-refractivity contribution in [2.24, 2.45) is 17.3 Å². The molecule has 5 nitrogen and oxygen atoms in total. The molecule has 1 heterocycles. The number of carbonyl (C=O) groups excluding carboxylic acids is 2. The first-order valence-electron chi connectivity index (χ1n) is 12.0. The van der Waals surface area contributed by atoms with Crippen LogP contribution in [0.15, 0.2) is 35.9 Å². The van der Waals surface area contributed by atoms with Gasteiger partial charge in [0, 0.05) is 52.2 Å². The Morgan fingerprint density at radius 3 is 2.50 bits per heavy atom. The summed E-state index contributed by atoms with van der Waals surface area (Å²) >= 11 is 6.39. The van der Waals surface area contributed by atoms with Gasteiger partial charge in [0.05, 0.1) is 10.6 Å². The fraction of sp³-hybridized carbons (Fsp3) is 0.615. The number of carbonyl (C=O) groups is 2. The van der Waals surface area contributed by atoms with Crippen LogP contribution in [0.1, 0.15) is 50.4 Å². The van der Waals surface area contributed by atoms with Crippen molar-refractivity contribution in [3.05, 3.63) is 46.5 Å². The van der Waals surface area contributed by atoms with Gasteiger partial charge in [0.2, 0.25) is 5.91 Å². The molecule has 0 N–H and O–H groups in total. The van der Waals surface area contributed by atoms with Crippen molar-refractivity contribution in [3.8, 4) is 0 Å². The van der Waals surface area contributed by atoms with Crippen molar-refractivity contribution >= 4 is 23.4 Å². The Morgan fingerprint density at radius 2 is 1.88 bits per heavy atom. The molecule has 1 aromatic rings. The van der Waals surface area contributed by atoms with Gasteiger partial charge in [-0.05, 0) is 42.2 Å². The molecule has 2 fully saturated rings. The van der Waals surface area contributed by atoms with Crippen LogP contribution in [0.2, 0.25) is 5.02 Å². The number of amides is 2. The van der Waals surface area contributed by atoms with E-state index in [0.29, 0.717) is 41.4 Å². The molecule has 2 amide bonds. The predicted octanol–water partition coefficient (Wildman–Crippen LogP) is 4.33. The second-order valence-electron chi connectivity index (χ2n) is 10.1. The summed E-state index contributed by atoms with van der Waals surface area (Å²) in [5.74, 6) is 1.60. The molecule has 1 saturated heterocycles. The van der Waals surface area contributed by atoms with Gasteiger partial charge < -0.3 is 9.80 Å². The molecule has 0 radical (unpaired) electrons. The van der Waals surface area contributed by atoms with Gasteiger partial charge in [-0.15, -0.1) is 0 Å². The Balaban J connectivity index is 1.44. The van der Waals surface area contributed by atoms with E-state index in [1.54, 1.807) is 6.07 Å². The van der Waals surface area contributed by atoms with Crippen molar-refractivity contribution in [1.82, 2.24) is 14.7 Å². The maximum Gasteiger partial charge on any atom is 0.255 e. The molecule has 2 bridgehead atoms. The highest BCUT2D eigenvalue weighted by molar-refractivity contribution is 6.33. The highest BCUT2D eigenvalue weighted by Crippen LogP contribution is 2.59. The minimum Gasteiger partial charge on any atom is -0.340 e. The van der Waals surface area contributed by atoms with E-state index in [-0.39, 0.29) is 11.8 Å². The molecule has 1 saturated carbocycles. The molecule has 3 aliphatic carbocycles. The maximum absolute atomic E-state index is 13.5. The Hall–Kier alpha value is -1.85. The number of piperazine rings is 1.